The summed E-state index contributed by atoms with van der Waals surface area (Å²) < 4.78 is 21.3. The smallest absolute Gasteiger partial charge is 0.328 e. The van der Waals surface area contributed by atoms with Crippen LogP contribution in [0.3, 0.4) is 0 Å². The van der Waals surface area contributed by atoms with Crippen LogP contribution in [0.2, 0.25) is 0 Å². The second-order valence-electron chi connectivity index (χ2n) is 6.89. The minimum Gasteiger partial charge on any atom is -0.493 e. The maximum Gasteiger partial charge on any atom is 0.328 e. The van der Waals surface area contributed by atoms with Gasteiger partial charge in [-0.25, -0.2) is 4.79 Å². The van der Waals surface area contributed by atoms with Gasteiger partial charge in [0.15, 0.2) is 11.5 Å². The summed E-state index contributed by atoms with van der Waals surface area (Å²) in [6, 6.07) is 15.6. The Hall–Kier alpha value is -3.74. The molecule has 0 unspecified atom stereocenters. The first-order chi connectivity index (χ1) is 15.0. The third-order valence-electron chi connectivity index (χ3n) is 4.90. The van der Waals surface area contributed by atoms with E-state index in [1.807, 2.05) is 36.4 Å². The molecule has 0 fully saturated rings. The lowest BCUT2D eigenvalue weighted by Crippen LogP contribution is -2.43. The molecule has 1 atom stereocenters. The highest BCUT2D eigenvalue weighted by molar-refractivity contribution is 5.98. The molecule has 7 heteroatoms. The number of carbonyl (C=O) groups is 2. The first-order valence-corrected chi connectivity index (χ1v) is 9.72. The van der Waals surface area contributed by atoms with Gasteiger partial charge in [-0.3, -0.25) is 4.79 Å². The number of carbonyl (C=O) groups excluding carboxylic acids is 2. The Kier molecular flexibility index (Phi) is 6.97. The minimum atomic E-state index is -0.821. The molecule has 31 heavy (non-hydrogen) atoms. The Balaban J connectivity index is 1.83. The van der Waals surface area contributed by atoms with Crippen molar-refractivity contribution in [1.29, 1.82) is 0 Å². The van der Waals surface area contributed by atoms with Crippen LogP contribution in [-0.4, -0.2) is 39.2 Å². The van der Waals surface area contributed by atoms with Crippen molar-refractivity contribution < 1.29 is 28.2 Å². The molecule has 1 aromatic heterocycles. The largest absolute Gasteiger partial charge is 0.493 e. The summed E-state index contributed by atoms with van der Waals surface area (Å²) >= 11 is 0. The van der Waals surface area contributed by atoms with Gasteiger partial charge in [0.25, 0.3) is 5.91 Å². The topological polar surface area (TPSA) is 87.0 Å². The molecule has 0 aliphatic carbocycles. The summed E-state index contributed by atoms with van der Waals surface area (Å²) in [7, 11) is 4.41. The van der Waals surface area contributed by atoms with E-state index in [1.165, 1.54) is 7.11 Å². The summed E-state index contributed by atoms with van der Waals surface area (Å²) in [5, 5.41) is 2.76. The standard InChI is InChI=1S/C24H25NO6/c1-15-18(14-21(31-15)17-10-11-20(28-2)22(13-17)29-3)23(26)25-19(24(27)30-4)12-16-8-6-5-7-9-16/h5-11,13-14,19H,12H2,1-4H3,(H,25,26)/t19-/m0/s1. The van der Waals surface area contributed by atoms with Crippen LogP contribution in [0.1, 0.15) is 21.7 Å². The van der Waals surface area contributed by atoms with Crippen LogP contribution in [0.4, 0.5) is 0 Å². The van der Waals surface area contributed by atoms with Crippen molar-refractivity contribution in [3.63, 3.8) is 0 Å². The van der Waals surface area contributed by atoms with Crippen molar-refractivity contribution in [2.45, 2.75) is 19.4 Å². The molecule has 0 aliphatic heterocycles. The summed E-state index contributed by atoms with van der Waals surface area (Å²) in [6.07, 6.45) is 0.318. The number of esters is 1. The van der Waals surface area contributed by atoms with Gasteiger partial charge in [-0.2, -0.15) is 0 Å². The number of ether oxygens (including phenoxy) is 3. The number of rotatable bonds is 8. The number of aryl methyl sites for hydroxylation is 1. The molecule has 1 heterocycles. The maximum absolute atomic E-state index is 12.9. The van der Waals surface area contributed by atoms with Gasteiger partial charge in [0.2, 0.25) is 0 Å². The number of benzene rings is 2. The quantitative estimate of drug-likeness (QED) is 0.555. The predicted molar refractivity (Wildman–Crippen MR) is 115 cm³/mol. The van der Waals surface area contributed by atoms with Crippen molar-refractivity contribution >= 4 is 11.9 Å². The first kappa shape index (κ1) is 22.0. The van der Waals surface area contributed by atoms with Crippen LogP contribution >= 0.6 is 0 Å². The van der Waals surface area contributed by atoms with Gasteiger partial charge in [-0.15, -0.1) is 0 Å². The Labute approximate surface area is 180 Å². The molecule has 1 N–H and O–H groups in total. The number of furan rings is 1. The van der Waals surface area contributed by atoms with Gasteiger partial charge in [0.1, 0.15) is 17.6 Å². The van der Waals surface area contributed by atoms with Gasteiger partial charge >= 0.3 is 5.97 Å². The van der Waals surface area contributed by atoms with Crippen LogP contribution in [0.15, 0.2) is 59.0 Å². The Morgan fingerprint density at radius 1 is 0.968 bits per heavy atom. The van der Waals surface area contributed by atoms with Crippen molar-refractivity contribution in [2.75, 3.05) is 21.3 Å². The number of hydrogen-bond acceptors (Lipinski definition) is 6. The normalized spacial score (nSPS) is 11.5. The second-order valence-corrected chi connectivity index (χ2v) is 6.89. The van der Waals surface area contributed by atoms with Crippen molar-refractivity contribution in [2.24, 2.45) is 0 Å². The molecule has 0 spiro atoms. The number of nitrogens with one attached hydrogen (secondary N) is 1. The van der Waals surface area contributed by atoms with Gasteiger partial charge in [-0.1, -0.05) is 30.3 Å². The van der Waals surface area contributed by atoms with E-state index in [1.54, 1.807) is 39.3 Å². The second kappa shape index (κ2) is 9.84. The molecular formula is C24H25NO6. The molecule has 7 nitrogen and oxygen atoms in total. The maximum atomic E-state index is 12.9. The van der Waals surface area contributed by atoms with E-state index in [0.29, 0.717) is 35.0 Å². The number of methoxy groups -OCH3 is 3. The fourth-order valence-corrected chi connectivity index (χ4v) is 3.26. The lowest BCUT2D eigenvalue weighted by Gasteiger charge is -2.16. The Morgan fingerprint density at radius 3 is 2.32 bits per heavy atom. The van der Waals surface area contributed by atoms with E-state index in [0.717, 1.165) is 11.1 Å². The van der Waals surface area contributed by atoms with Gasteiger partial charge in [-0.05, 0) is 36.8 Å². The molecule has 3 aromatic rings. The zero-order valence-electron chi connectivity index (χ0n) is 17.9. The zero-order chi connectivity index (χ0) is 22.4. The molecule has 1 amide bonds. The lowest BCUT2D eigenvalue weighted by molar-refractivity contribution is -0.142. The van der Waals surface area contributed by atoms with E-state index in [4.69, 9.17) is 18.6 Å². The van der Waals surface area contributed by atoms with Crippen LogP contribution in [-0.2, 0) is 16.0 Å². The van der Waals surface area contributed by atoms with Crippen LogP contribution < -0.4 is 14.8 Å². The third-order valence-corrected chi connectivity index (χ3v) is 4.90. The molecule has 162 valence electrons. The Bertz CT molecular complexity index is 1060. The number of amides is 1. The van der Waals surface area contributed by atoms with Gasteiger partial charge < -0.3 is 23.9 Å². The molecule has 3 rings (SSSR count). The summed E-state index contributed by atoms with van der Waals surface area (Å²) in [5.41, 5.74) is 1.98. The molecular weight excluding hydrogens is 398 g/mol. The fourth-order valence-electron chi connectivity index (χ4n) is 3.26. The van der Waals surface area contributed by atoms with E-state index in [2.05, 4.69) is 5.32 Å². The third kappa shape index (κ3) is 5.06. The van der Waals surface area contributed by atoms with Crippen molar-refractivity contribution in [3.05, 3.63) is 71.5 Å². The highest BCUT2D eigenvalue weighted by Gasteiger charge is 2.25. The average molecular weight is 423 g/mol. The van der Waals surface area contributed by atoms with Crippen LogP contribution in [0.5, 0.6) is 11.5 Å². The SMILES string of the molecule is COC(=O)[C@H](Cc1ccccc1)NC(=O)c1cc(-c2ccc(OC)c(OC)c2)oc1C. The monoisotopic (exact) mass is 423 g/mol. The molecule has 0 bridgehead atoms. The average Bonchev–Trinajstić information content (AvgIpc) is 3.19. The van der Waals surface area contributed by atoms with E-state index in [9.17, 15) is 9.59 Å². The number of hydrogen-bond donors (Lipinski definition) is 1. The van der Waals surface area contributed by atoms with Gasteiger partial charge in [0.05, 0.1) is 26.9 Å². The van der Waals surface area contributed by atoms with Crippen molar-refractivity contribution in [3.8, 4) is 22.8 Å². The molecule has 2 aromatic carbocycles. The molecule has 0 saturated heterocycles. The first-order valence-electron chi connectivity index (χ1n) is 9.72. The lowest BCUT2D eigenvalue weighted by atomic mass is 10.1. The molecule has 0 radical (unpaired) electrons. The van der Waals surface area contributed by atoms with E-state index in [-0.39, 0.29) is 0 Å². The zero-order valence-corrected chi connectivity index (χ0v) is 17.9. The van der Waals surface area contributed by atoms with Crippen LogP contribution in [0, 0.1) is 6.92 Å². The van der Waals surface area contributed by atoms with Crippen molar-refractivity contribution in [1.82, 2.24) is 5.32 Å². The Morgan fingerprint density at radius 2 is 1.68 bits per heavy atom. The van der Waals surface area contributed by atoms with Crippen LogP contribution in [0.25, 0.3) is 11.3 Å². The van der Waals surface area contributed by atoms with E-state index >= 15 is 0 Å². The minimum absolute atomic E-state index is 0.318. The molecule has 0 aliphatic rings. The fraction of sp³-hybridized carbons (Fsp3) is 0.250. The van der Waals surface area contributed by atoms with E-state index < -0.39 is 17.9 Å². The predicted octanol–water partition coefficient (Wildman–Crippen LogP) is 3.79. The van der Waals surface area contributed by atoms with Gasteiger partial charge in [0, 0.05) is 12.0 Å². The molecule has 0 saturated carbocycles. The summed E-state index contributed by atoms with van der Waals surface area (Å²) in [4.78, 5) is 25.2. The summed E-state index contributed by atoms with van der Waals surface area (Å²) in [6.45, 7) is 1.70. The highest BCUT2D eigenvalue weighted by atomic mass is 16.5. The summed E-state index contributed by atoms with van der Waals surface area (Å²) in [5.74, 6) is 1.15. The highest BCUT2D eigenvalue weighted by Crippen LogP contribution is 2.34.